The van der Waals surface area contributed by atoms with Gasteiger partial charge in [0, 0.05) is 18.6 Å². The largest absolute Gasteiger partial charge is 0.444 e. The molecular formula is C18H36N2O3. The molecule has 1 heterocycles. The lowest BCUT2D eigenvalue weighted by molar-refractivity contribution is -0.0358. The van der Waals surface area contributed by atoms with E-state index in [1.54, 1.807) is 0 Å². The summed E-state index contributed by atoms with van der Waals surface area (Å²) in [6.45, 7) is 16.4. The normalized spacial score (nSPS) is 23.3. The molecule has 0 spiro atoms. The maximum absolute atomic E-state index is 12.4. The van der Waals surface area contributed by atoms with Crippen LogP contribution in [0.15, 0.2) is 0 Å². The quantitative estimate of drug-likeness (QED) is 0.811. The fraction of sp³-hybridized carbons (Fsp3) is 0.944. The van der Waals surface area contributed by atoms with Crippen molar-refractivity contribution < 1.29 is 14.3 Å². The summed E-state index contributed by atoms with van der Waals surface area (Å²) in [5.41, 5.74) is -0.463. The molecule has 0 aromatic rings. The van der Waals surface area contributed by atoms with Crippen LogP contribution in [0.2, 0.25) is 0 Å². The van der Waals surface area contributed by atoms with E-state index in [2.05, 4.69) is 33.0 Å². The van der Waals surface area contributed by atoms with Gasteiger partial charge in [0.05, 0.1) is 19.3 Å². The summed E-state index contributed by atoms with van der Waals surface area (Å²) in [6.07, 6.45) is 1.81. The van der Waals surface area contributed by atoms with Crippen LogP contribution in [0.4, 0.5) is 4.79 Å². The number of carbonyl (C=O) groups excluding carboxylic acids is 1. The lowest BCUT2D eigenvalue weighted by Gasteiger charge is -2.38. The van der Waals surface area contributed by atoms with Crippen molar-refractivity contribution in [3.05, 3.63) is 0 Å². The Hall–Kier alpha value is -0.810. The standard InChI is InChI=1S/C18H36N2O3/c1-8-13(2)15(4)19-14(3)11-16-12-22-10-9-20(16)17(21)23-18(5,6)7/h13-16,19H,8-12H2,1-7H3. The van der Waals surface area contributed by atoms with Crippen molar-refractivity contribution in [2.45, 2.75) is 85.0 Å². The Morgan fingerprint density at radius 1 is 1.35 bits per heavy atom. The summed E-state index contributed by atoms with van der Waals surface area (Å²) in [7, 11) is 0. The van der Waals surface area contributed by atoms with Crippen LogP contribution in [-0.2, 0) is 9.47 Å². The molecule has 4 atom stereocenters. The average molecular weight is 328 g/mol. The van der Waals surface area contributed by atoms with E-state index in [1.807, 2.05) is 25.7 Å². The Morgan fingerprint density at radius 3 is 2.57 bits per heavy atom. The average Bonchev–Trinajstić information content (AvgIpc) is 2.44. The van der Waals surface area contributed by atoms with Gasteiger partial charge >= 0.3 is 6.09 Å². The number of ether oxygens (including phenoxy) is 2. The molecule has 0 aromatic carbocycles. The number of hydrogen-bond acceptors (Lipinski definition) is 4. The van der Waals surface area contributed by atoms with Gasteiger partial charge in [0.15, 0.2) is 0 Å². The Morgan fingerprint density at radius 2 is 2.00 bits per heavy atom. The highest BCUT2D eigenvalue weighted by molar-refractivity contribution is 5.68. The highest BCUT2D eigenvalue weighted by atomic mass is 16.6. The Bertz CT molecular complexity index is 368. The van der Waals surface area contributed by atoms with E-state index in [0.29, 0.717) is 37.8 Å². The minimum Gasteiger partial charge on any atom is -0.444 e. The fourth-order valence-corrected chi connectivity index (χ4v) is 2.85. The first-order valence-corrected chi connectivity index (χ1v) is 8.97. The van der Waals surface area contributed by atoms with E-state index in [-0.39, 0.29) is 12.1 Å². The molecule has 1 amide bonds. The Labute approximate surface area is 142 Å². The van der Waals surface area contributed by atoms with Crippen LogP contribution >= 0.6 is 0 Å². The lowest BCUT2D eigenvalue weighted by Crippen LogP contribution is -2.53. The lowest BCUT2D eigenvalue weighted by atomic mass is 9.98. The molecule has 136 valence electrons. The first-order chi connectivity index (χ1) is 10.6. The van der Waals surface area contributed by atoms with Gasteiger partial charge in [-0.2, -0.15) is 0 Å². The summed E-state index contributed by atoms with van der Waals surface area (Å²) in [5, 5.41) is 3.65. The van der Waals surface area contributed by atoms with Crippen LogP contribution < -0.4 is 5.32 Å². The van der Waals surface area contributed by atoms with Crippen LogP contribution in [0.3, 0.4) is 0 Å². The smallest absolute Gasteiger partial charge is 0.410 e. The number of nitrogens with one attached hydrogen (secondary N) is 1. The zero-order valence-electron chi connectivity index (χ0n) is 16.0. The van der Waals surface area contributed by atoms with Crippen molar-refractivity contribution in [1.82, 2.24) is 10.2 Å². The van der Waals surface area contributed by atoms with Crippen LogP contribution in [0, 0.1) is 5.92 Å². The molecule has 1 aliphatic rings. The number of hydrogen-bond donors (Lipinski definition) is 1. The summed E-state index contributed by atoms with van der Waals surface area (Å²) in [5.74, 6) is 0.641. The maximum Gasteiger partial charge on any atom is 0.410 e. The summed E-state index contributed by atoms with van der Waals surface area (Å²) in [6, 6.07) is 0.871. The summed E-state index contributed by atoms with van der Waals surface area (Å²) < 4.78 is 11.1. The Kier molecular flexibility index (Phi) is 7.81. The third kappa shape index (κ3) is 7.08. The molecule has 1 aliphatic heterocycles. The molecule has 0 saturated carbocycles. The van der Waals surface area contributed by atoms with Gasteiger partial charge in [-0.05, 0) is 47.0 Å². The minimum absolute atomic E-state index is 0.0743. The van der Waals surface area contributed by atoms with Crippen LogP contribution in [0.25, 0.3) is 0 Å². The van der Waals surface area contributed by atoms with Gasteiger partial charge < -0.3 is 19.7 Å². The van der Waals surface area contributed by atoms with Crippen LogP contribution in [-0.4, -0.2) is 54.5 Å². The van der Waals surface area contributed by atoms with Gasteiger partial charge in [0.2, 0.25) is 0 Å². The molecule has 0 bridgehead atoms. The molecule has 5 nitrogen and oxygen atoms in total. The fourth-order valence-electron chi connectivity index (χ4n) is 2.85. The molecular weight excluding hydrogens is 292 g/mol. The molecule has 0 aliphatic carbocycles. The second kappa shape index (κ2) is 8.88. The van der Waals surface area contributed by atoms with E-state index in [4.69, 9.17) is 9.47 Å². The number of carbonyl (C=O) groups is 1. The first kappa shape index (κ1) is 20.2. The van der Waals surface area contributed by atoms with E-state index in [9.17, 15) is 4.79 Å². The van der Waals surface area contributed by atoms with Crippen molar-refractivity contribution in [2.75, 3.05) is 19.8 Å². The van der Waals surface area contributed by atoms with Crippen molar-refractivity contribution in [1.29, 1.82) is 0 Å². The summed E-state index contributed by atoms with van der Waals surface area (Å²) >= 11 is 0. The number of nitrogens with zero attached hydrogens (tertiary/aromatic N) is 1. The van der Waals surface area contributed by atoms with E-state index in [1.165, 1.54) is 0 Å². The van der Waals surface area contributed by atoms with Gasteiger partial charge in [0.25, 0.3) is 0 Å². The molecule has 23 heavy (non-hydrogen) atoms. The number of rotatable bonds is 6. The topological polar surface area (TPSA) is 50.8 Å². The molecule has 4 unspecified atom stereocenters. The van der Waals surface area contributed by atoms with E-state index >= 15 is 0 Å². The molecule has 0 aromatic heterocycles. The minimum atomic E-state index is -0.463. The van der Waals surface area contributed by atoms with Gasteiger partial charge in [-0.1, -0.05) is 20.3 Å². The molecule has 1 saturated heterocycles. The van der Waals surface area contributed by atoms with Gasteiger partial charge in [0.1, 0.15) is 5.60 Å². The molecule has 1 rings (SSSR count). The second-order valence-electron chi connectivity index (χ2n) is 7.88. The SMILES string of the molecule is CCC(C)C(C)NC(C)CC1COCCN1C(=O)OC(C)(C)C. The molecule has 0 radical (unpaired) electrons. The third-order valence-corrected chi connectivity index (χ3v) is 4.53. The van der Waals surface area contributed by atoms with Gasteiger partial charge in [-0.25, -0.2) is 4.79 Å². The van der Waals surface area contributed by atoms with Gasteiger partial charge in [-0.3, -0.25) is 0 Å². The molecule has 5 heteroatoms. The van der Waals surface area contributed by atoms with Crippen molar-refractivity contribution in [2.24, 2.45) is 5.92 Å². The molecule has 1 fully saturated rings. The number of amides is 1. The highest BCUT2D eigenvalue weighted by Crippen LogP contribution is 2.18. The van der Waals surface area contributed by atoms with E-state index < -0.39 is 5.60 Å². The summed E-state index contributed by atoms with van der Waals surface area (Å²) in [4.78, 5) is 14.2. The van der Waals surface area contributed by atoms with Crippen molar-refractivity contribution in [3.63, 3.8) is 0 Å². The van der Waals surface area contributed by atoms with Crippen LogP contribution in [0.5, 0.6) is 0 Å². The predicted octanol–water partition coefficient (Wildman–Crippen LogP) is 3.43. The first-order valence-electron chi connectivity index (χ1n) is 8.97. The molecule has 1 N–H and O–H groups in total. The maximum atomic E-state index is 12.4. The second-order valence-corrected chi connectivity index (χ2v) is 7.88. The monoisotopic (exact) mass is 328 g/mol. The van der Waals surface area contributed by atoms with Crippen LogP contribution in [0.1, 0.15) is 61.3 Å². The van der Waals surface area contributed by atoms with E-state index in [0.717, 1.165) is 12.8 Å². The van der Waals surface area contributed by atoms with Gasteiger partial charge in [-0.15, -0.1) is 0 Å². The zero-order valence-corrected chi connectivity index (χ0v) is 16.0. The zero-order chi connectivity index (χ0) is 17.6. The highest BCUT2D eigenvalue weighted by Gasteiger charge is 2.32. The van der Waals surface area contributed by atoms with Crippen molar-refractivity contribution >= 4 is 6.09 Å². The van der Waals surface area contributed by atoms with Crippen molar-refractivity contribution in [3.8, 4) is 0 Å². The number of morpholine rings is 1. The predicted molar refractivity (Wildman–Crippen MR) is 93.7 cm³/mol. The third-order valence-electron chi connectivity index (χ3n) is 4.53. The Balaban J connectivity index is 2.59.